The fourth-order valence-corrected chi connectivity index (χ4v) is 3.39. The van der Waals surface area contributed by atoms with Crippen molar-refractivity contribution in [3.05, 3.63) is 59.4 Å². The predicted octanol–water partition coefficient (Wildman–Crippen LogP) is 3.48. The Morgan fingerprint density at radius 1 is 1.08 bits per heavy atom. The molecule has 0 radical (unpaired) electrons. The third-order valence-corrected chi connectivity index (χ3v) is 4.78. The maximum Gasteiger partial charge on any atom is 0.333 e. The molecule has 0 amide bonds. The van der Waals surface area contributed by atoms with Crippen molar-refractivity contribution < 1.29 is 29.0 Å². The van der Waals surface area contributed by atoms with Crippen molar-refractivity contribution >= 4 is 33.7 Å². The lowest BCUT2D eigenvalue weighted by Gasteiger charge is -2.42. The summed E-state index contributed by atoms with van der Waals surface area (Å²) in [5, 5.41) is 19.0. The highest BCUT2D eigenvalue weighted by atomic mass is 79.9. The molecule has 1 aliphatic rings. The molecule has 5 nitrogen and oxygen atoms in total. The first kappa shape index (κ1) is 20.8. The van der Waals surface area contributed by atoms with Gasteiger partial charge in [-0.1, -0.05) is 46.3 Å². The summed E-state index contributed by atoms with van der Waals surface area (Å²) in [5.74, 6) is -2.77. The Labute approximate surface area is 153 Å². The number of hydrogen-bond acceptors (Lipinski definition) is 3. The molecule has 2 atom stereocenters. The lowest BCUT2D eigenvalue weighted by molar-refractivity contribution is -0.143. The van der Waals surface area contributed by atoms with Crippen LogP contribution in [0.5, 0.6) is 0 Å². The monoisotopic (exact) mass is 412 g/mol. The van der Waals surface area contributed by atoms with Crippen LogP contribution in [0.2, 0.25) is 0 Å². The number of benzene rings is 1. The summed E-state index contributed by atoms with van der Waals surface area (Å²) < 4.78 is 11.7. The Hall–Kier alpha value is -2.28. The van der Waals surface area contributed by atoms with E-state index in [1.807, 2.05) is 0 Å². The average molecular weight is 413 g/mol. The van der Waals surface area contributed by atoms with Gasteiger partial charge in [0.1, 0.15) is 17.0 Å². The molecule has 2 rings (SSSR count). The third kappa shape index (κ3) is 4.04. The summed E-state index contributed by atoms with van der Waals surface area (Å²) in [6, 6.07) is 4.99. The molecule has 0 heterocycles. The number of ketones is 1. The Bertz CT molecular complexity index is 745. The van der Waals surface area contributed by atoms with E-state index in [1.165, 1.54) is 51.1 Å². The van der Waals surface area contributed by atoms with Crippen LogP contribution in [0.3, 0.4) is 0 Å². The van der Waals surface area contributed by atoms with Crippen LogP contribution in [0, 0.1) is 5.82 Å². The van der Waals surface area contributed by atoms with Gasteiger partial charge in [0.05, 0.1) is 9.90 Å². The first-order valence-corrected chi connectivity index (χ1v) is 8.05. The molecular formula is C18H18BrFO5. The maximum absolute atomic E-state index is 13.1. The molecule has 7 heteroatoms. The Morgan fingerprint density at radius 3 is 1.96 bits per heavy atom. The van der Waals surface area contributed by atoms with Gasteiger partial charge < -0.3 is 15.0 Å². The van der Waals surface area contributed by atoms with Crippen LogP contribution in [0.25, 0.3) is 0 Å². The van der Waals surface area contributed by atoms with Crippen LogP contribution in [0.4, 0.5) is 4.39 Å². The van der Waals surface area contributed by atoms with E-state index in [1.54, 1.807) is 0 Å². The number of carboxylic acid groups (broad SMARTS) is 2. The minimum Gasteiger partial charge on any atom is -0.480 e. The summed E-state index contributed by atoms with van der Waals surface area (Å²) in [4.78, 5) is 32.8. The standard InChI is InChI=1S/C15H12BrFO4.C3H6O/c1-14(16)11(12(18)19)3-2-8-15(14,13(20)21)9-4-6-10(17)7-5-9;1-3(2)4/h2-8H,1H3,(H,18,19)(H,20,21);1-2H3. The number of carboxylic acids is 2. The quantitative estimate of drug-likeness (QED) is 0.741. The van der Waals surface area contributed by atoms with Crippen molar-refractivity contribution in [1.82, 2.24) is 0 Å². The van der Waals surface area contributed by atoms with E-state index in [-0.39, 0.29) is 11.4 Å². The lowest BCUT2D eigenvalue weighted by atomic mass is 9.65. The Morgan fingerprint density at radius 2 is 1.56 bits per heavy atom. The van der Waals surface area contributed by atoms with Gasteiger partial charge in [-0.15, -0.1) is 0 Å². The minimum absolute atomic E-state index is 0.0864. The van der Waals surface area contributed by atoms with Gasteiger partial charge in [-0.25, -0.2) is 9.18 Å². The third-order valence-electron chi connectivity index (χ3n) is 3.72. The topological polar surface area (TPSA) is 91.7 Å². The summed E-state index contributed by atoms with van der Waals surface area (Å²) in [7, 11) is 0. The molecule has 134 valence electrons. The molecule has 0 aliphatic heterocycles. The molecule has 0 aromatic heterocycles. The normalized spacial score (nSPS) is 24.6. The number of hydrogen-bond donors (Lipinski definition) is 2. The van der Waals surface area contributed by atoms with Crippen molar-refractivity contribution in [2.24, 2.45) is 0 Å². The average Bonchev–Trinajstić information content (AvgIpc) is 2.46. The first-order chi connectivity index (χ1) is 11.5. The molecule has 25 heavy (non-hydrogen) atoms. The highest BCUT2D eigenvalue weighted by Gasteiger charge is 2.57. The molecular weight excluding hydrogens is 395 g/mol. The summed E-state index contributed by atoms with van der Waals surface area (Å²) in [6.07, 6.45) is 4.15. The van der Waals surface area contributed by atoms with Crippen molar-refractivity contribution in [1.29, 1.82) is 0 Å². The number of carbonyl (C=O) groups is 3. The van der Waals surface area contributed by atoms with Crippen LogP contribution in [-0.2, 0) is 19.8 Å². The van der Waals surface area contributed by atoms with Crippen molar-refractivity contribution in [2.75, 3.05) is 0 Å². The van der Waals surface area contributed by atoms with Crippen LogP contribution >= 0.6 is 15.9 Å². The zero-order valence-electron chi connectivity index (χ0n) is 13.9. The number of rotatable bonds is 3. The van der Waals surface area contributed by atoms with Gasteiger partial charge in [0.2, 0.25) is 0 Å². The highest BCUT2D eigenvalue weighted by Crippen LogP contribution is 2.49. The Kier molecular flexibility index (Phi) is 6.42. The van der Waals surface area contributed by atoms with Gasteiger partial charge in [-0.2, -0.15) is 0 Å². The minimum atomic E-state index is -1.65. The second-order valence-electron chi connectivity index (χ2n) is 5.78. The van der Waals surface area contributed by atoms with Crippen molar-refractivity contribution in [3.8, 4) is 0 Å². The molecule has 0 saturated carbocycles. The number of carbonyl (C=O) groups excluding carboxylic acids is 1. The van der Waals surface area contributed by atoms with Crippen LogP contribution in [0.1, 0.15) is 26.3 Å². The van der Waals surface area contributed by atoms with Crippen molar-refractivity contribution in [3.63, 3.8) is 0 Å². The molecule has 0 bridgehead atoms. The number of Topliss-reactive ketones (excluding diaryl/α,β-unsaturated/α-hetero) is 1. The second kappa shape index (κ2) is 7.74. The first-order valence-electron chi connectivity index (χ1n) is 7.25. The number of alkyl halides is 1. The highest BCUT2D eigenvalue weighted by molar-refractivity contribution is 9.10. The number of halogens is 2. The van der Waals surface area contributed by atoms with E-state index in [2.05, 4.69) is 15.9 Å². The summed E-state index contributed by atoms with van der Waals surface area (Å²) in [5.41, 5.74) is -1.45. The Balaban J connectivity index is 0.000000705. The molecule has 1 aliphatic carbocycles. The van der Waals surface area contributed by atoms with Gasteiger partial charge in [-0.05, 0) is 38.5 Å². The molecule has 0 fully saturated rings. The van der Waals surface area contributed by atoms with E-state index in [9.17, 15) is 29.0 Å². The van der Waals surface area contributed by atoms with E-state index >= 15 is 0 Å². The number of allylic oxidation sites excluding steroid dienone is 2. The maximum atomic E-state index is 13.1. The van der Waals surface area contributed by atoms with Crippen molar-refractivity contribution in [2.45, 2.75) is 30.5 Å². The van der Waals surface area contributed by atoms with Gasteiger partial charge in [0, 0.05) is 0 Å². The fourth-order valence-electron chi connectivity index (χ4n) is 2.56. The summed E-state index contributed by atoms with van der Waals surface area (Å²) >= 11 is 3.26. The van der Waals surface area contributed by atoms with E-state index in [4.69, 9.17) is 0 Å². The van der Waals surface area contributed by atoms with E-state index < -0.39 is 27.5 Å². The largest absolute Gasteiger partial charge is 0.480 e. The van der Waals surface area contributed by atoms with Gasteiger partial charge in [0.25, 0.3) is 0 Å². The lowest BCUT2D eigenvalue weighted by Crippen LogP contribution is -2.53. The molecule has 2 unspecified atom stereocenters. The zero-order chi connectivity index (χ0) is 19.4. The zero-order valence-corrected chi connectivity index (χ0v) is 15.5. The van der Waals surface area contributed by atoms with Gasteiger partial charge in [0.15, 0.2) is 0 Å². The number of aliphatic carboxylic acids is 2. The SMILES string of the molecule is CC(C)=O.CC1(Br)C(C(=O)O)=CC=CC1(C(=O)O)c1ccc(F)cc1. The molecule has 1 aromatic rings. The van der Waals surface area contributed by atoms with Gasteiger partial charge in [-0.3, -0.25) is 4.79 Å². The van der Waals surface area contributed by atoms with Gasteiger partial charge >= 0.3 is 11.9 Å². The predicted molar refractivity (Wildman–Crippen MR) is 94.3 cm³/mol. The molecule has 1 aromatic carbocycles. The molecule has 0 spiro atoms. The van der Waals surface area contributed by atoms with Crippen LogP contribution < -0.4 is 0 Å². The summed E-state index contributed by atoms with van der Waals surface area (Å²) in [6.45, 7) is 4.54. The van der Waals surface area contributed by atoms with E-state index in [0.29, 0.717) is 5.56 Å². The molecule has 2 N–H and O–H groups in total. The second-order valence-corrected chi connectivity index (χ2v) is 7.36. The van der Waals surface area contributed by atoms with Crippen LogP contribution in [0.15, 0.2) is 48.1 Å². The van der Waals surface area contributed by atoms with E-state index in [0.717, 1.165) is 12.1 Å². The van der Waals surface area contributed by atoms with Crippen LogP contribution in [-0.4, -0.2) is 32.3 Å². The smallest absolute Gasteiger partial charge is 0.333 e. The molecule has 0 saturated heterocycles. The fraction of sp³-hybridized carbons (Fsp3) is 0.278.